The molecule has 2 fully saturated rings. The standard InChI is InChI=1S/C21H27N3/c1-2-7-18(8-3-1)19-12-20(19)24-16-21(9-5-10-21)15-23-14-17-6-4-11-22-13-17/h1-4,6-8,11,13,19-20,23-24H,5,9-10,12,14-16H2/t19-,20+/m1/s1. The highest BCUT2D eigenvalue weighted by Crippen LogP contribution is 2.44. The second-order valence-electron chi connectivity index (χ2n) is 7.56. The molecule has 1 heterocycles. The van der Waals surface area contributed by atoms with Gasteiger partial charge in [0.25, 0.3) is 0 Å². The van der Waals surface area contributed by atoms with Gasteiger partial charge in [-0.05, 0) is 41.9 Å². The Hall–Kier alpha value is -1.71. The highest BCUT2D eigenvalue weighted by molar-refractivity contribution is 5.27. The predicted octanol–water partition coefficient (Wildman–Crippen LogP) is 3.49. The number of hydrogen-bond acceptors (Lipinski definition) is 3. The van der Waals surface area contributed by atoms with E-state index in [2.05, 4.69) is 52.0 Å². The molecule has 4 rings (SSSR count). The normalized spacial score (nSPS) is 24.3. The molecule has 0 bridgehead atoms. The Labute approximate surface area is 144 Å². The van der Waals surface area contributed by atoms with Gasteiger partial charge >= 0.3 is 0 Å². The lowest BCUT2D eigenvalue weighted by Crippen LogP contribution is -2.47. The number of aromatic nitrogens is 1. The highest BCUT2D eigenvalue weighted by Gasteiger charge is 2.42. The zero-order valence-electron chi connectivity index (χ0n) is 14.2. The molecule has 2 aromatic rings. The van der Waals surface area contributed by atoms with Crippen molar-refractivity contribution in [3.05, 3.63) is 66.0 Å². The van der Waals surface area contributed by atoms with Crippen molar-refractivity contribution in [1.82, 2.24) is 15.6 Å². The zero-order chi connectivity index (χ0) is 16.2. The quantitative estimate of drug-likeness (QED) is 0.781. The minimum absolute atomic E-state index is 0.464. The summed E-state index contributed by atoms with van der Waals surface area (Å²) in [4.78, 5) is 4.19. The molecule has 3 heteroatoms. The van der Waals surface area contributed by atoms with Crippen LogP contribution in [0, 0.1) is 5.41 Å². The minimum Gasteiger partial charge on any atom is -0.313 e. The molecule has 2 saturated carbocycles. The molecule has 0 radical (unpaired) electrons. The van der Waals surface area contributed by atoms with E-state index in [1.807, 2.05) is 18.5 Å². The van der Waals surface area contributed by atoms with Crippen molar-refractivity contribution in [2.24, 2.45) is 5.41 Å². The summed E-state index contributed by atoms with van der Waals surface area (Å²) in [6.07, 6.45) is 9.16. The van der Waals surface area contributed by atoms with Crippen LogP contribution >= 0.6 is 0 Å². The average Bonchev–Trinajstić information content (AvgIpc) is 3.38. The van der Waals surface area contributed by atoms with Crippen LogP contribution < -0.4 is 10.6 Å². The van der Waals surface area contributed by atoms with E-state index in [0.717, 1.165) is 25.6 Å². The van der Waals surface area contributed by atoms with Gasteiger partial charge in [-0.3, -0.25) is 4.98 Å². The van der Waals surface area contributed by atoms with Gasteiger partial charge < -0.3 is 10.6 Å². The van der Waals surface area contributed by atoms with Gasteiger partial charge in [0.15, 0.2) is 0 Å². The number of rotatable bonds is 8. The zero-order valence-corrected chi connectivity index (χ0v) is 14.2. The predicted molar refractivity (Wildman–Crippen MR) is 97.8 cm³/mol. The molecule has 0 amide bonds. The van der Waals surface area contributed by atoms with Crippen molar-refractivity contribution in [1.29, 1.82) is 0 Å². The Kier molecular flexibility index (Phi) is 4.63. The second kappa shape index (κ2) is 7.04. The van der Waals surface area contributed by atoms with E-state index in [1.165, 1.54) is 36.8 Å². The van der Waals surface area contributed by atoms with E-state index in [9.17, 15) is 0 Å². The third-order valence-corrected chi connectivity index (χ3v) is 5.72. The fourth-order valence-electron chi connectivity index (χ4n) is 3.90. The van der Waals surface area contributed by atoms with Crippen LogP contribution in [0.4, 0.5) is 0 Å². The molecular weight excluding hydrogens is 294 g/mol. The molecule has 2 N–H and O–H groups in total. The van der Waals surface area contributed by atoms with E-state index >= 15 is 0 Å². The molecule has 126 valence electrons. The van der Waals surface area contributed by atoms with Gasteiger partial charge in [0.05, 0.1) is 0 Å². The van der Waals surface area contributed by atoms with Crippen molar-refractivity contribution in [3.8, 4) is 0 Å². The van der Waals surface area contributed by atoms with Crippen LogP contribution in [0.3, 0.4) is 0 Å². The molecular formula is C21H27N3. The van der Waals surface area contributed by atoms with Gasteiger partial charge in [-0.1, -0.05) is 42.8 Å². The van der Waals surface area contributed by atoms with Gasteiger partial charge in [-0.25, -0.2) is 0 Å². The number of pyridine rings is 1. The van der Waals surface area contributed by atoms with Crippen LogP contribution in [0.5, 0.6) is 0 Å². The van der Waals surface area contributed by atoms with Gasteiger partial charge in [-0.2, -0.15) is 0 Å². The van der Waals surface area contributed by atoms with E-state index in [1.54, 1.807) is 0 Å². The smallest absolute Gasteiger partial charge is 0.0312 e. The molecule has 0 aliphatic heterocycles. The van der Waals surface area contributed by atoms with Crippen molar-refractivity contribution in [2.75, 3.05) is 13.1 Å². The lowest BCUT2D eigenvalue weighted by atomic mass is 9.68. The SMILES string of the molecule is c1ccc([C@H]2C[C@@H]2NCC2(CNCc3cccnc3)CCC2)cc1. The van der Waals surface area contributed by atoms with E-state index < -0.39 is 0 Å². The van der Waals surface area contributed by atoms with Crippen molar-refractivity contribution < 1.29 is 0 Å². The summed E-state index contributed by atoms with van der Waals surface area (Å²) in [6, 6.07) is 15.8. The first-order chi connectivity index (χ1) is 11.8. The number of nitrogens with zero attached hydrogens (tertiary/aromatic N) is 1. The number of nitrogens with one attached hydrogen (secondary N) is 2. The van der Waals surface area contributed by atoms with E-state index in [0.29, 0.717) is 11.5 Å². The monoisotopic (exact) mass is 321 g/mol. The largest absolute Gasteiger partial charge is 0.313 e. The molecule has 0 unspecified atom stereocenters. The Morgan fingerprint density at radius 2 is 1.92 bits per heavy atom. The third kappa shape index (κ3) is 3.68. The first kappa shape index (κ1) is 15.8. The van der Waals surface area contributed by atoms with E-state index in [4.69, 9.17) is 0 Å². The van der Waals surface area contributed by atoms with Gasteiger partial charge in [0.1, 0.15) is 0 Å². The lowest BCUT2D eigenvalue weighted by molar-refractivity contribution is 0.126. The van der Waals surface area contributed by atoms with Crippen LogP contribution in [-0.2, 0) is 6.54 Å². The van der Waals surface area contributed by atoms with Gasteiger partial charge in [-0.15, -0.1) is 0 Å². The molecule has 2 aliphatic carbocycles. The highest BCUT2D eigenvalue weighted by atomic mass is 15.0. The summed E-state index contributed by atoms with van der Waals surface area (Å²) in [5, 5.41) is 7.50. The molecule has 0 saturated heterocycles. The maximum atomic E-state index is 4.19. The minimum atomic E-state index is 0.464. The summed E-state index contributed by atoms with van der Waals surface area (Å²) in [5.74, 6) is 0.728. The maximum absolute atomic E-state index is 4.19. The van der Waals surface area contributed by atoms with Crippen molar-refractivity contribution in [3.63, 3.8) is 0 Å². The molecule has 24 heavy (non-hydrogen) atoms. The van der Waals surface area contributed by atoms with Gasteiger partial charge in [0.2, 0.25) is 0 Å². The maximum Gasteiger partial charge on any atom is 0.0312 e. The van der Waals surface area contributed by atoms with Crippen molar-refractivity contribution in [2.45, 2.75) is 44.2 Å². The Morgan fingerprint density at radius 3 is 2.62 bits per heavy atom. The molecule has 3 nitrogen and oxygen atoms in total. The fourth-order valence-corrected chi connectivity index (χ4v) is 3.90. The Bertz CT molecular complexity index is 637. The first-order valence-corrected chi connectivity index (χ1v) is 9.23. The number of benzene rings is 1. The molecule has 1 aromatic carbocycles. The van der Waals surface area contributed by atoms with Crippen LogP contribution in [0.2, 0.25) is 0 Å². The molecule has 1 aromatic heterocycles. The Balaban J connectivity index is 1.23. The second-order valence-corrected chi connectivity index (χ2v) is 7.56. The lowest BCUT2D eigenvalue weighted by Gasteiger charge is -2.42. The van der Waals surface area contributed by atoms with Crippen LogP contribution in [-0.4, -0.2) is 24.1 Å². The first-order valence-electron chi connectivity index (χ1n) is 9.23. The summed E-state index contributed by atoms with van der Waals surface area (Å²) < 4.78 is 0. The van der Waals surface area contributed by atoms with Crippen LogP contribution in [0.1, 0.15) is 42.7 Å². The van der Waals surface area contributed by atoms with Crippen molar-refractivity contribution >= 4 is 0 Å². The summed E-state index contributed by atoms with van der Waals surface area (Å²) in [5.41, 5.74) is 3.23. The topological polar surface area (TPSA) is 37.0 Å². The molecule has 2 atom stereocenters. The van der Waals surface area contributed by atoms with Crippen LogP contribution in [0.15, 0.2) is 54.9 Å². The Morgan fingerprint density at radius 1 is 1.04 bits per heavy atom. The number of hydrogen-bond donors (Lipinski definition) is 2. The van der Waals surface area contributed by atoms with Crippen LogP contribution in [0.25, 0.3) is 0 Å². The molecule has 2 aliphatic rings. The molecule has 0 spiro atoms. The van der Waals surface area contributed by atoms with Gasteiger partial charge in [0, 0.05) is 44.0 Å². The third-order valence-electron chi connectivity index (χ3n) is 5.72. The summed E-state index contributed by atoms with van der Waals surface area (Å²) >= 11 is 0. The van der Waals surface area contributed by atoms with E-state index in [-0.39, 0.29) is 0 Å². The summed E-state index contributed by atoms with van der Waals surface area (Å²) in [7, 11) is 0. The fraction of sp³-hybridized carbons (Fsp3) is 0.476. The average molecular weight is 321 g/mol. The summed E-state index contributed by atoms with van der Waals surface area (Å²) in [6.45, 7) is 3.18.